The summed E-state index contributed by atoms with van der Waals surface area (Å²) in [5, 5.41) is 0. The first kappa shape index (κ1) is 12.6. The molecule has 0 saturated carbocycles. The first-order valence-electron chi connectivity index (χ1n) is 6.06. The van der Waals surface area contributed by atoms with Gasteiger partial charge in [-0.2, -0.15) is 0 Å². The molecule has 1 fully saturated rings. The van der Waals surface area contributed by atoms with Crippen LogP contribution in [-0.4, -0.2) is 29.9 Å². The number of amides is 2. The standard InChI is InChI=1S/C14H17NO3/c1-9(2)18-11-6-4-10(5-7-11)12-8-13(16)15(3)14(12)17/h4-7,9,12H,8H2,1-3H3/t12-/m0/s1. The van der Waals surface area contributed by atoms with Crippen LogP contribution in [0, 0.1) is 0 Å². The zero-order valence-electron chi connectivity index (χ0n) is 10.8. The third-order valence-electron chi connectivity index (χ3n) is 3.04. The second-order valence-corrected chi connectivity index (χ2v) is 4.78. The number of carbonyl (C=O) groups is 2. The monoisotopic (exact) mass is 247 g/mol. The molecule has 2 amide bonds. The van der Waals surface area contributed by atoms with Gasteiger partial charge in [-0.3, -0.25) is 14.5 Å². The number of benzene rings is 1. The quantitative estimate of drug-likeness (QED) is 0.767. The molecule has 0 N–H and O–H groups in total. The van der Waals surface area contributed by atoms with Gasteiger partial charge in [0.15, 0.2) is 0 Å². The Hall–Kier alpha value is -1.84. The second-order valence-electron chi connectivity index (χ2n) is 4.78. The third-order valence-corrected chi connectivity index (χ3v) is 3.04. The maximum Gasteiger partial charge on any atom is 0.236 e. The molecular formula is C14H17NO3. The van der Waals surface area contributed by atoms with Crippen LogP contribution < -0.4 is 4.74 Å². The smallest absolute Gasteiger partial charge is 0.236 e. The van der Waals surface area contributed by atoms with Gasteiger partial charge in [0.05, 0.1) is 12.0 Å². The minimum atomic E-state index is -0.337. The Morgan fingerprint density at radius 2 is 1.83 bits per heavy atom. The number of hydrogen-bond acceptors (Lipinski definition) is 3. The Kier molecular flexibility index (Phi) is 3.36. The van der Waals surface area contributed by atoms with Crippen LogP contribution in [0.15, 0.2) is 24.3 Å². The zero-order valence-corrected chi connectivity index (χ0v) is 10.8. The molecule has 4 nitrogen and oxygen atoms in total. The molecule has 1 atom stereocenters. The van der Waals surface area contributed by atoms with Gasteiger partial charge in [0.2, 0.25) is 11.8 Å². The van der Waals surface area contributed by atoms with Gasteiger partial charge < -0.3 is 4.74 Å². The molecule has 18 heavy (non-hydrogen) atoms. The van der Waals surface area contributed by atoms with Crippen LogP contribution in [0.4, 0.5) is 0 Å². The molecule has 0 bridgehead atoms. The van der Waals surface area contributed by atoms with Gasteiger partial charge in [-0.05, 0) is 31.5 Å². The van der Waals surface area contributed by atoms with Crippen molar-refractivity contribution >= 4 is 11.8 Å². The highest BCUT2D eigenvalue weighted by molar-refractivity contribution is 6.05. The maximum absolute atomic E-state index is 11.9. The van der Waals surface area contributed by atoms with Gasteiger partial charge in [0.25, 0.3) is 0 Å². The van der Waals surface area contributed by atoms with Crippen molar-refractivity contribution < 1.29 is 14.3 Å². The number of nitrogens with zero attached hydrogens (tertiary/aromatic N) is 1. The fourth-order valence-corrected chi connectivity index (χ4v) is 2.07. The molecule has 96 valence electrons. The minimum absolute atomic E-state index is 0.118. The molecule has 1 heterocycles. The normalized spacial score (nSPS) is 19.8. The van der Waals surface area contributed by atoms with Crippen LogP contribution in [0.3, 0.4) is 0 Å². The summed E-state index contributed by atoms with van der Waals surface area (Å²) in [6.07, 6.45) is 0.386. The summed E-state index contributed by atoms with van der Waals surface area (Å²) in [7, 11) is 1.53. The predicted molar refractivity (Wildman–Crippen MR) is 67.3 cm³/mol. The van der Waals surface area contributed by atoms with Crippen LogP contribution in [-0.2, 0) is 9.59 Å². The van der Waals surface area contributed by atoms with Gasteiger partial charge in [-0.1, -0.05) is 12.1 Å². The summed E-state index contributed by atoms with van der Waals surface area (Å²) in [5.74, 6) is 0.194. The average molecular weight is 247 g/mol. The Morgan fingerprint density at radius 1 is 1.22 bits per heavy atom. The van der Waals surface area contributed by atoms with Gasteiger partial charge in [-0.15, -0.1) is 0 Å². The Balaban J connectivity index is 2.15. The summed E-state index contributed by atoms with van der Waals surface area (Å²) >= 11 is 0. The van der Waals surface area contributed by atoms with Crippen molar-refractivity contribution in [2.45, 2.75) is 32.3 Å². The molecule has 1 aliphatic heterocycles. The van der Waals surface area contributed by atoms with Crippen LogP contribution in [0.2, 0.25) is 0 Å². The van der Waals surface area contributed by atoms with E-state index in [0.29, 0.717) is 0 Å². The van der Waals surface area contributed by atoms with Crippen molar-refractivity contribution in [3.8, 4) is 5.75 Å². The highest BCUT2D eigenvalue weighted by Crippen LogP contribution is 2.29. The molecule has 0 aromatic heterocycles. The maximum atomic E-state index is 11.9. The molecule has 1 saturated heterocycles. The van der Waals surface area contributed by atoms with E-state index in [2.05, 4.69) is 0 Å². The van der Waals surface area contributed by atoms with Crippen molar-refractivity contribution in [3.05, 3.63) is 29.8 Å². The van der Waals surface area contributed by atoms with Crippen LogP contribution >= 0.6 is 0 Å². The number of likely N-dealkylation sites (N-methyl/N-ethyl adjacent to an activating group) is 1. The Morgan fingerprint density at radius 3 is 2.28 bits per heavy atom. The summed E-state index contributed by atoms with van der Waals surface area (Å²) in [6, 6.07) is 7.39. The van der Waals surface area contributed by atoms with Crippen molar-refractivity contribution in [1.29, 1.82) is 0 Å². The molecule has 2 rings (SSSR count). The molecule has 0 spiro atoms. The first-order chi connectivity index (χ1) is 8.49. The zero-order chi connectivity index (χ0) is 13.3. The SMILES string of the molecule is CC(C)Oc1ccc([C@@H]2CC(=O)N(C)C2=O)cc1. The fraction of sp³-hybridized carbons (Fsp3) is 0.429. The van der Waals surface area contributed by atoms with Crippen molar-refractivity contribution in [2.24, 2.45) is 0 Å². The second kappa shape index (κ2) is 4.80. The van der Waals surface area contributed by atoms with E-state index in [4.69, 9.17) is 4.74 Å². The number of rotatable bonds is 3. The van der Waals surface area contributed by atoms with Crippen LogP contribution in [0.25, 0.3) is 0 Å². The summed E-state index contributed by atoms with van der Waals surface area (Å²) < 4.78 is 5.54. The summed E-state index contributed by atoms with van der Waals surface area (Å²) in [6.45, 7) is 3.92. The van der Waals surface area contributed by atoms with E-state index in [9.17, 15) is 9.59 Å². The average Bonchev–Trinajstić information content (AvgIpc) is 2.57. The van der Waals surface area contributed by atoms with E-state index in [-0.39, 0.29) is 30.3 Å². The molecule has 0 radical (unpaired) electrons. The molecule has 4 heteroatoms. The highest BCUT2D eigenvalue weighted by atomic mass is 16.5. The van der Waals surface area contributed by atoms with E-state index in [1.54, 1.807) is 0 Å². The predicted octanol–water partition coefficient (Wildman–Crippen LogP) is 1.95. The van der Waals surface area contributed by atoms with Crippen LogP contribution in [0.1, 0.15) is 31.7 Å². The van der Waals surface area contributed by atoms with Crippen LogP contribution in [0.5, 0.6) is 5.75 Å². The first-order valence-corrected chi connectivity index (χ1v) is 6.06. The number of hydrogen-bond donors (Lipinski definition) is 0. The fourth-order valence-electron chi connectivity index (χ4n) is 2.07. The lowest BCUT2D eigenvalue weighted by Gasteiger charge is -2.12. The molecule has 1 aromatic rings. The lowest BCUT2D eigenvalue weighted by Crippen LogP contribution is -2.25. The molecule has 0 aliphatic carbocycles. The number of likely N-dealkylation sites (tertiary alicyclic amines) is 1. The van der Waals surface area contributed by atoms with Crippen molar-refractivity contribution in [3.63, 3.8) is 0 Å². The van der Waals surface area contributed by atoms with Gasteiger partial charge in [0.1, 0.15) is 5.75 Å². The summed E-state index contributed by atoms with van der Waals surface area (Å²) in [5.41, 5.74) is 0.869. The van der Waals surface area contributed by atoms with E-state index in [1.165, 1.54) is 11.9 Å². The topological polar surface area (TPSA) is 46.6 Å². The third kappa shape index (κ3) is 2.37. The lowest BCUT2D eigenvalue weighted by atomic mass is 9.97. The van der Waals surface area contributed by atoms with E-state index in [1.807, 2.05) is 38.1 Å². The molecule has 1 aromatic carbocycles. The van der Waals surface area contributed by atoms with E-state index < -0.39 is 0 Å². The van der Waals surface area contributed by atoms with Crippen molar-refractivity contribution in [2.75, 3.05) is 7.05 Å². The molecular weight excluding hydrogens is 230 g/mol. The number of ether oxygens (including phenoxy) is 1. The van der Waals surface area contributed by atoms with E-state index >= 15 is 0 Å². The Labute approximate surface area is 107 Å². The highest BCUT2D eigenvalue weighted by Gasteiger charge is 2.36. The largest absolute Gasteiger partial charge is 0.491 e. The van der Waals surface area contributed by atoms with Crippen molar-refractivity contribution in [1.82, 2.24) is 4.90 Å². The Bertz CT molecular complexity index is 464. The minimum Gasteiger partial charge on any atom is -0.491 e. The number of carbonyl (C=O) groups excluding carboxylic acids is 2. The van der Waals surface area contributed by atoms with Gasteiger partial charge in [0, 0.05) is 13.5 Å². The summed E-state index contributed by atoms with van der Waals surface area (Å²) in [4.78, 5) is 24.5. The number of imide groups is 1. The molecule has 1 aliphatic rings. The van der Waals surface area contributed by atoms with Gasteiger partial charge in [-0.25, -0.2) is 0 Å². The lowest BCUT2D eigenvalue weighted by molar-refractivity contribution is -0.137. The molecule has 0 unspecified atom stereocenters. The van der Waals surface area contributed by atoms with Gasteiger partial charge >= 0.3 is 0 Å². The van der Waals surface area contributed by atoms with E-state index in [0.717, 1.165) is 11.3 Å².